The minimum atomic E-state index is -0.982. The molecule has 0 bridgehead atoms. The molecule has 0 spiro atoms. The molecule has 1 aliphatic rings. The predicted molar refractivity (Wildman–Crippen MR) is 92.7 cm³/mol. The summed E-state index contributed by atoms with van der Waals surface area (Å²) in [4.78, 5) is 35.0. The van der Waals surface area contributed by atoms with Crippen LogP contribution >= 0.6 is 0 Å². The summed E-state index contributed by atoms with van der Waals surface area (Å²) in [6, 6.07) is 6.65. The van der Waals surface area contributed by atoms with Crippen molar-refractivity contribution in [3.05, 3.63) is 29.8 Å². The van der Waals surface area contributed by atoms with E-state index in [4.69, 9.17) is 9.31 Å². The van der Waals surface area contributed by atoms with E-state index in [1.54, 1.807) is 31.2 Å². The molecule has 0 aliphatic carbocycles. The van der Waals surface area contributed by atoms with E-state index in [-0.39, 0.29) is 6.61 Å². The van der Waals surface area contributed by atoms with Crippen molar-refractivity contribution in [1.82, 2.24) is 0 Å². The molecule has 1 heterocycles. The summed E-state index contributed by atoms with van der Waals surface area (Å²) in [5, 5.41) is 0. The highest BCUT2D eigenvalue weighted by atomic mass is 16.7. The fraction of sp³-hybridized carbons (Fsp3) is 0.500. The largest absolute Gasteiger partial charge is 0.494 e. The van der Waals surface area contributed by atoms with Crippen LogP contribution in [0.2, 0.25) is 0 Å². The quantitative estimate of drug-likeness (QED) is 0.256. The van der Waals surface area contributed by atoms with Gasteiger partial charge in [0, 0.05) is 5.56 Å². The Morgan fingerprint density at radius 3 is 2.00 bits per heavy atom. The number of carbonyl (C=O) groups excluding carboxylic acids is 3. The van der Waals surface area contributed by atoms with Crippen molar-refractivity contribution in [3.63, 3.8) is 0 Å². The van der Waals surface area contributed by atoms with Crippen LogP contribution in [0.1, 0.15) is 51.4 Å². The maximum Gasteiger partial charge on any atom is 0.494 e. The van der Waals surface area contributed by atoms with Gasteiger partial charge in [-0.05, 0) is 40.1 Å². The van der Waals surface area contributed by atoms with E-state index in [1.807, 2.05) is 27.7 Å². The lowest BCUT2D eigenvalue weighted by Gasteiger charge is -2.32. The average Bonchev–Trinajstić information content (AvgIpc) is 2.75. The fourth-order valence-electron chi connectivity index (χ4n) is 2.34. The van der Waals surface area contributed by atoms with Crippen LogP contribution in [0.5, 0.6) is 0 Å². The molecule has 1 saturated heterocycles. The van der Waals surface area contributed by atoms with E-state index in [0.29, 0.717) is 5.56 Å². The number of hydrogen-bond acceptors (Lipinski definition) is 6. The molecule has 0 atom stereocenters. The number of hydrogen-bond donors (Lipinski definition) is 0. The number of benzene rings is 1. The number of Topliss-reactive ketones (excluding diaryl/α,β-unsaturated/α-hetero) is 2. The Kier molecular flexibility index (Phi) is 5.49. The molecule has 0 unspecified atom stereocenters. The summed E-state index contributed by atoms with van der Waals surface area (Å²) < 4.78 is 16.5. The van der Waals surface area contributed by atoms with Crippen LogP contribution in [0.25, 0.3) is 0 Å². The molecule has 25 heavy (non-hydrogen) atoms. The zero-order valence-electron chi connectivity index (χ0n) is 15.3. The first kappa shape index (κ1) is 19.3. The molecule has 2 rings (SSSR count). The molecule has 7 heteroatoms. The number of carbonyl (C=O) groups is 3. The molecule has 134 valence electrons. The lowest BCUT2D eigenvalue weighted by Crippen LogP contribution is -2.41. The van der Waals surface area contributed by atoms with E-state index >= 15 is 0 Å². The Labute approximate surface area is 148 Å². The lowest BCUT2D eigenvalue weighted by atomic mass is 9.78. The highest BCUT2D eigenvalue weighted by Gasteiger charge is 2.51. The molecule has 0 N–H and O–H groups in total. The molecule has 0 radical (unpaired) electrons. The Hall–Kier alpha value is -1.99. The molecule has 6 nitrogen and oxygen atoms in total. The Morgan fingerprint density at radius 1 is 1.00 bits per heavy atom. The molecular formula is C18H23BO6. The van der Waals surface area contributed by atoms with Gasteiger partial charge in [-0.2, -0.15) is 0 Å². The third-order valence-electron chi connectivity index (χ3n) is 4.58. The molecule has 1 aromatic rings. The van der Waals surface area contributed by atoms with Gasteiger partial charge < -0.3 is 14.0 Å². The van der Waals surface area contributed by atoms with Crippen LogP contribution in [-0.4, -0.2) is 42.5 Å². The van der Waals surface area contributed by atoms with E-state index in [2.05, 4.69) is 4.74 Å². The van der Waals surface area contributed by atoms with E-state index in [1.165, 1.54) is 0 Å². The summed E-state index contributed by atoms with van der Waals surface area (Å²) in [5.41, 5.74) is 0.237. The van der Waals surface area contributed by atoms with Gasteiger partial charge in [-0.1, -0.05) is 24.3 Å². The van der Waals surface area contributed by atoms with Crippen molar-refractivity contribution >= 4 is 30.1 Å². The molecule has 1 fully saturated rings. The minimum absolute atomic E-state index is 0.0988. The van der Waals surface area contributed by atoms with Crippen molar-refractivity contribution in [1.29, 1.82) is 0 Å². The molecule has 0 amide bonds. The first-order chi connectivity index (χ1) is 11.6. The van der Waals surface area contributed by atoms with Gasteiger partial charge in [0.2, 0.25) is 5.78 Å². The minimum Gasteiger partial charge on any atom is -0.460 e. The smallest absolute Gasteiger partial charge is 0.460 e. The molecule has 0 saturated carbocycles. The second-order valence-corrected chi connectivity index (χ2v) is 6.95. The third kappa shape index (κ3) is 4.17. The van der Waals surface area contributed by atoms with Crippen LogP contribution in [0.3, 0.4) is 0 Å². The number of esters is 1. The molecule has 1 aliphatic heterocycles. The van der Waals surface area contributed by atoms with Crippen molar-refractivity contribution < 1.29 is 28.4 Å². The van der Waals surface area contributed by atoms with Crippen molar-refractivity contribution in [2.45, 2.75) is 52.2 Å². The topological polar surface area (TPSA) is 78.9 Å². The number of ether oxygens (including phenoxy) is 1. The number of ketones is 2. The second kappa shape index (κ2) is 7.10. The molecule has 0 aromatic heterocycles. The average molecular weight is 346 g/mol. The van der Waals surface area contributed by atoms with Crippen LogP contribution in [0.15, 0.2) is 24.3 Å². The summed E-state index contributed by atoms with van der Waals surface area (Å²) >= 11 is 0. The van der Waals surface area contributed by atoms with Crippen LogP contribution in [-0.2, 0) is 23.6 Å². The van der Waals surface area contributed by atoms with Gasteiger partial charge in [-0.25, -0.2) is 4.79 Å². The Bertz CT molecular complexity index is 661. The van der Waals surface area contributed by atoms with Gasteiger partial charge in [0.05, 0.1) is 24.2 Å². The number of rotatable bonds is 6. The standard InChI is InChI=1S/C18H23BO6/c1-6-23-16(22)15(21)11-14(20)12-7-9-13(10-8-12)19-24-17(2,3)18(4,5)25-19/h7-10H,6,11H2,1-5H3. The van der Waals surface area contributed by atoms with Gasteiger partial charge >= 0.3 is 13.1 Å². The van der Waals surface area contributed by atoms with Gasteiger partial charge in [0.15, 0.2) is 5.78 Å². The highest BCUT2D eigenvalue weighted by molar-refractivity contribution is 6.62. The zero-order chi connectivity index (χ0) is 18.8. The van der Waals surface area contributed by atoms with E-state index in [9.17, 15) is 14.4 Å². The predicted octanol–water partition coefficient (Wildman–Crippen LogP) is 1.69. The van der Waals surface area contributed by atoms with E-state index in [0.717, 1.165) is 5.46 Å². The fourth-order valence-corrected chi connectivity index (χ4v) is 2.34. The highest BCUT2D eigenvalue weighted by Crippen LogP contribution is 2.36. The maximum absolute atomic E-state index is 12.1. The van der Waals surface area contributed by atoms with Crippen LogP contribution in [0.4, 0.5) is 0 Å². The second-order valence-electron chi connectivity index (χ2n) is 6.95. The van der Waals surface area contributed by atoms with Gasteiger partial charge in [0.1, 0.15) is 0 Å². The van der Waals surface area contributed by atoms with Crippen LogP contribution in [0, 0.1) is 0 Å². The van der Waals surface area contributed by atoms with Crippen molar-refractivity contribution in [2.75, 3.05) is 6.61 Å². The lowest BCUT2D eigenvalue weighted by molar-refractivity contribution is -0.153. The third-order valence-corrected chi connectivity index (χ3v) is 4.58. The zero-order valence-corrected chi connectivity index (χ0v) is 15.3. The summed E-state index contributed by atoms with van der Waals surface area (Å²) in [6.07, 6.45) is -0.505. The Morgan fingerprint density at radius 2 is 1.52 bits per heavy atom. The van der Waals surface area contributed by atoms with Crippen molar-refractivity contribution in [2.24, 2.45) is 0 Å². The molecule has 1 aromatic carbocycles. The maximum atomic E-state index is 12.1. The van der Waals surface area contributed by atoms with Crippen molar-refractivity contribution in [3.8, 4) is 0 Å². The molecular weight excluding hydrogens is 323 g/mol. The van der Waals surface area contributed by atoms with Gasteiger partial charge in [0.25, 0.3) is 0 Å². The SMILES string of the molecule is CCOC(=O)C(=O)CC(=O)c1ccc(B2OC(C)(C)C(C)(C)O2)cc1. The normalized spacial score (nSPS) is 18.0. The first-order valence-corrected chi connectivity index (χ1v) is 8.26. The van der Waals surface area contributed by atoms with Gasteiger partial charge in [-0.3, -0.25) is 9.59 Å². The Balaban J connectivity index is 2.04. The van der Waals surface area contributed by atoms with Gasteiger partial charge in [-0.15, -0.1) is 0 Å². The summed E-state index contributed by atoms with van der Waals surface area (Å²) in [7, 11) is -0.518. The monoisotopic (exact) mass is 346 g/mol. The van der Waals surface area contributed by atoms with E-state index < -0.39 is 42.3 Å². The first-order valence-electron chi connectivity index (χ1n) is 8.26. The summed E-state index contributed by atoms with van der Waals surface area (Å²) in [5.74, 6) is -2.26. The summed E-state index contributed by atoms with van der Waals surface area (Å²) in [6.45, 7) is 9.55. The van der Waals surface area contributed by atoms with Crippen LogP contribution < -0.4 is 5.46 Å².